The van der Waals surface area contributed by atoms with Gasteiger partial charge in [-0.05, 0) is 32.6 Å². The molecule has 164 valence electrons. The third kappa shape index (κ3) is 4.03. The number of alkyl halides is 3. The average Bonchev–Trinajstić information content (AvgIpc) is 3.19. The molecule has 3 rings (SSSR count). The molecule has 0 saturated heterocycles. The maximum absolute atomic E-state index is 14.0. The molecule has 0 spiro atoms. The molecule has 0 radical (unpaired) electrons. The van der Waals surface area contributed by atoms with Crippen LogP contribution in [0.4, 0.5) is 28.0 Å². The van der Waals surface area contributed by atoms with Gasteiger partial charge < -0.3 is 5.32 Å². The quantitative estimate of drug-likeness (QED) is 0.696. The molecule has 0 saturated carbocycles. The van der Waals surface area contributed by atoms with E-state index in [4.69, 9.17) is 5.14 Å². The van der Waals surface area contributed by atoms with Crippen LogP contribution >= 0.6 is 0 Å². The Morgan fingerprint density at radius 3 is 2.70 bits per heavy atom. The Balaban J connectivity index is 2.05. The van der Waals surface area contributed by atoms with E-state index in [9.17, 15) is 26.6 Å². The minimum atomic E-state index is -4.72. The summed E-state index contributed by atoms with van der Waals surface area (Å²) in [4.78, 5) is 16.2. The fourth-order valence-corrected chi connectivity index (χ4v) is 4.37. The number of fused-ring (bicyclic) bond motifs is 1. The van der Waals surface area contributed by atoms with Gasteiger partial charge in [-0.3, -0.25) is 4.68 Å². The molecule has 2 atom stereocenters. The van der Waals surface area contributed by atoms with E-state index in [2.05, 4.69) is 19.8 Å². The highest BCUT2D eigenvalue weighted by molar-refractivity contribution is 7.91. The lowest BCUT2D eigenvalue weighted by atomic mass is 9.99. The molecule has 2 heterocycles. The van der Waals surface area contributed by atoms with Crippen molar-refractivity contribution in [3.05, 3.63) is 34.5 Å². The van der Waals surface area contributed by atoms with Gasteiger partial charge in [0, 0.05) is 23.4 Å². The SMILES string of the molecule is CCn1cc(F)c(S(N)(=O)=NC(=O)Nc2c(C)c(C(F)(F)F)nc3c2[C@@H](C)CC3)n1. The van der Waals surface area contributed by atoms with Crippen LogP contribution in [0.2, 0.25) is 0 Å². The number of hydrogen-bond acceptors (Lipinski definition) is 4. The molecule has 1 aliphatic rings. The monoisotopic (exact) mass is 448 g/mol. The fraction of sp³-hybridized carbons (Fsp3) is 0.471. The zero-order valence-corrected chi connectivity index (χ0v) is 17.2. The Hall–Kier alpha value is -2.54. The summed E-state index contributed by atoms with van der Waals surface area (Å²) in [7, 11) is -4.06. The summed E-state index contributed by atoms with van der Waals surface area (Å²) >= 11 is 0. The zero-order valence-electron chi connectivity index (χ0n) is 16.4. The van der Waals surface area contributed by atoms with E-state index in [-0.39, 0.29) is 29.4 Å². The molecule has 30 heavy (non-hydrogen) atoms. The average molecular weight is 448 g/mol. The van der Waals surface area contributed by atoms with Crippen LogP contribution in [0, 0.1) is 12.7 Å². The van der Waals surface area contributed by atoms with Gasteiger partial charge in [-0.2, -0.15) is 18.3 Å². The van der Waals surface area contributed by atoms with Crippen molar-refractivity contribution in [2.45, 2.75) is 57.3 Å². The number of hydrogen-bond donors (Lipinski definition) is 2. The van der Waals surface area contributed by atoms with Crippen LogP contribution < -0.4 is 10.5 Å². The van der Waals surface area contributed by atoms with Crippen molar-refractivity contribution in [1.29, 1.82) is 0 Å². The first-order valence-corrected chi connectivity index (χ1v) is 10.6. The minimum absolute atomic E-state index is 0.0964. The highest BCUT2D eigenvalue weighted by Crippen LogP contribution is 2.43. The van der Waals surface area contributed by atoms with Gasteiger partial charge in [-0.15, -0.1) is 4.36 Å². The van der Waals surface area contributed by atoms with Crippen molar-refractivity contribution in [2.75, 3.05) is 5.32 Å². The molecule has 3 N–H and O–H groups in total. The second-order valence-electron chi connectivity index (χ2n) is 6.99. The van der Waals surface area contributed by atoms with Crippen LogP contribution in [0.15, 0.2) is 15.6 Å². The van der Waals surface area contributed by atoms with E-state index in [1.165, 1.54) is 6.92 Å². The molecule has 0 aliphatic heterocycles. The second-order valence-corrected chi connectivity index (χ2v) is 8.69. The number of carbonyl (C=O) groups is 1. The molecular weight excluding hydrogens is 428 g/mol. The summed E-state index contributed by atoms with van der Waals surface area (Å²) in [6.45, 7) is 4.90. The van der Waals surface area contributed by atoms with Gasteiger partial charge in [0.1, 0.15) is 5.69 Å². The minimum Gasteiger partial charge on any atom is -0.305 e. The Bertz CT molecular complexity index is 1130. The van der Waals surface area contributed by atoms with Crippen LogP contribution in [0.1, 0.15) is 48.7 Å². The van der Waals surface area contributed by atoms with Gasteiger partial charge >= 0.3 is 12.2 Å². The van der Waals surface area contributed by atoms with E-state index in [0.29, 0.717) is 18.4 Å². The molecule has 1 unspecified atom stereocenters. The van der Waals surface area contributed by atoms with Crippen molar-refractivity contribution >= 4 is 21.6 Å². The number of anilines is 1. The Morgan fingerprint density at radius 2 is 2.13 bits per heavy atom. The number of nitrogens with two attached hydrogens (primary N) is 1. The topological polar surface area (TPSA) is 115 Å². The molecular formula is C17H20F4N6O2S. The Morgan fingerprint density at radius 1 is 1.47 bits per heavy atom. The van der Waals surface area contributed by atoms with Crippen LogP contribution in [0.3, 0.4) is 0 Å². The number of nitrogens with one attached hydrogen (secondary N) is 1. The summed E-state index contributed by atoms with van der Waals surface area (Å²) in [5, 5.41) is 10.8. The molecule has 8 nitrogen and oxygen atoms in total. The van der Waals surface area contributed by atoms with Gasteiger partial charge in [0.2, 0.25) is 5.03 Å². The van der Waals surface area contributed by atoms with Gasteiger partial charge in [0.25, 0.3) is 0 Å². The van der Waals surface area contributed by atoms with Crippen molar-refractivity contribution in [1.82, 2.24) is 14.8 Å². The third-order valence-electron chi connectivity index (χ3n) is 4.87. The maximum Gasteiger partial charge on any atom is 0.433 e. The van der Waals surface area contributed by atoms with E-state index >= 15 is 0 Å². The number of carbonyl (C=O) groups excluding carboxylic acids is 1. The summed E-state index contributed by atoms with van der Waals surface area (Å²) in [5.74, 6) is -1.15. The van der Waals surface area contributed by atoms with Gasteiger partial charge in [0.05, 0.1) is 11.9 Å². The normalized spacial score (nSPS) is 18.1. The summed E-state index contributed by atoms with van der Waals surface area (Å²) in [6.07, 6.45) is -2.88. The van der Waals surface area contributed by atoms with Crippen molar-refractivity contribution < 1.29 is 26.6 Å². The zero-order chi connectivity index (χ0) is 22.4. The third-order valence-corrected chi connectivity index (χ3v) is 6.14. The van der Waals surface area contributed by atoms with E-state index in [1.54, 1.807) is 13.8 Å². The number of halogens is 4. The van der Waals surface area contributed by atoms with Crippen LogP contribution in [-0.2, 0) is 29.1 Å². The molecule has 0 fully saturated rings. The lowest BCUT2D eigenvalue weighted by molar-refractivity contribution is -0.141. The van der Waals surface area contributed by atoms with Gasteiger partial charge in [0.15, 0.2) is 15.7 Å². The number of pyridine rings is 1. The van der Waals surface area contributed by atoms with Gasteiger partial charge in [-0.1, -0.05) is 6.92 Å². The molecule has 2 aromatic heterocycles. The molecule has 0 bridgehead atoms. The van der Waals surface area contributed by atoms with Crippen LogP contribution in [-0.4, -0.2) is 25.0 Å². The lowest BCUT2D eigenvalue weighted by Crippen LogP contribution is -2.21. The summed E-state index contributed by atoms with van der Waals surface area (Å²) in [6, 6.07) is -1.27. The maximum atomic E-state index is 14.0. The first kappa shape index (κ1) is 22.2. The number of rotatable bonds is 3. The summed E-state index contributed by atoms with van der Waals surface area (Å²) in [5.41, 5.74) is -0.804. The molecule has 13 heteroatoms. The Labute approximate surface area is 170 Å². The number of nitrogens with zero attached hydrogens (tertiary/aromatic N) is 4. The predicted molar refractivity (Wildman–Crippen MR) is 101 cm³/mol. The Kier molecular flexibility index (Phi) is 5.62. The lowest BCUT2D eigenvalue weighted by Gasteiger charge is -2.19. The molecule has 1 aliphatic carbocycles. The standard InChI is InChI=1S/C17H20F4N6O2S/c1-4-27-7-10(18)15(25-27)30(22,29)26-16(28)24-13-9(3)14(17(19,20)21)23-11-6-5-8(2)12(11)13/h7-8H,4-6H2,1-3H3,(H3,22,23,24,26,28,29)/t8-,30?/m0/s1. The van der Waals surface area contributed by atoms with E-state index in [0.717, 1.165) is 10.9 Å². The molecule has 2 amide bonds. The van der Waals surface area contributed by atoms with Gasteiger partial charge in [-0.25, -0.2) is 23.5 Å². The molecule has 0 aromatic carbocycles. The highest BCUT2D eigenvalue weighted by atomic mass is 32.2. The predicted octanol–water partition coefficient (Wildman–Crippen LogP) is 3.75. The highest BCUT2D eigenvalue weighted by Gasteiger charge is 2.39. The smallest absolute Gasteiger partial charge is 0.305 e. The number of urea groups is 1. The van der Waals surface area contributed by atoms with Crippen LogP contribution in [0.5, 0.6) is 0 Å². The number of amides is 2. The largest absolute Gasteiger partial charge is 0.433 e. The van der Waals surface area contributed by atoms with E-state index in [1.807, 2.05) is 0 Å². The molecule has 2 aromatic rings. The number of aryl methyl sites for hydroxylation is 2. The van der Waals surface area contributed by atoms with E-state index < -0.39 is 38.7 Å². The van der Waals surface area contributed by atoms with Crippen LogP contribution in [0.25, 0.3) is 0 Å². The first-order valence-electron chi connectivity index (χ1n) is 9.04. The fourth-order valence-electron chi connectivity index (χ4n) is 3.44. The van der Waals surface area contributed by atoms with Crippen molar-refractivity contribution in [3.8, 4) is 0 Å². The second kappa shape index (κ2) is 7.61. The first-order chi connectivity index (χ1) is 13.8. The van der Waals surface area contributed by atoms with Crippen molar-refractivity contribution in [2.24, 2.45) is 9.50 Å². The number of aromatic nitrogens is 3. The van der Waals surface area contributed by atoms with Crippen molar-refractivity contribution in [3.63, 3.8) is 0 Å². The summed E-state index contributed by atoms with van der Waals surface area (Å²) < 4.78 is 71.2.